The fourth-order valence-corrected chi connectivity index (χ4v) is 1.51. The van der Waals surface area contributed by atoms with E-state index in [1.54, 1.807) is 13.8 Å². The Balaban J connectivity index is 2.60. The summed E-state index contributed by atoms with van der Waals surface area (Å²) in [6, 6.07) is 0.812. The highest BCUT2D eigenvalue weighted by Crippen LogP contribution is 2.27. The molecule has 1 rings (SSSR count). The topological polar surface area (TPSA) is 67.2 Å². The Kier molecular flexibility index (Phi) is 4.56. The van der Waals surface area contributed by atoms with Crippen LogP contribution >= 0.6 is 0 Å². The Labute approximate surface area is 108 Å². The van der Waals surface area contributed by atoms with Crippen molar-refractivity contribution in [3.8, 4) is 0 Å². The summed E-state index contributed by atoms with van der Waals surface area (Å²) in [6.07, 6.45) is -3.06. The van der Waals surface area contributed by atoms with E-state index in [2.05, 4.69) is 10.4 Å². The van der Waals surface area contributed by atoms with Gasteiger partial charge in [0.25, 0.3) is 0 Å². The minimum atomic E-state index is -4.52. The molecule has 2 N–H and O–H groups in total. The monoisotopic (exact) mass is 279 g/mol. The van der Waals surface area contributed by atoms with Crippen molar-refractivity contribution in [2.75, 3.05) is 6.61 Å². The highest BCUT2D eigenvalue weighted by molar-refractivity contribution is 5.76. The summed E-state index contributed by atoms with van der Waals surface area (Å²) in [5, 5.41) is 14.7. The third kappa shape index (κ3) is 4.90. The predicted molar refractivity (Wildman–Crippen MR) is 61.2 cm³/mol. The van der Waals surface area contributed by atoms with E-state index in [1.165, 1.54) is 0 Å². The van der Waals surface area contributed by atoms with Crippen LogP contribution < -0.4 is 5.32 Å². The van der Waals surface area contributed by atoms with Crippen LogP contribution in [0.25, 0.3) is 0 Å². The van der Waals surface area contributed by atoms with Gasteiger partial charge in [0.1, 0.15) is 6.54 Å². The zero-order valence-corrected chi connectivity index (χ0v) is 10.7. The van der Waals surface area contributed by atoms with Gasteiger partial charge in [-0.05, 0) is 26.3 Å². The number of alkyl halides is 3. The first-order valence-electron chi connectivity index (χ1n) is 5.66. The Morgan fingerprint density at radius 1 is 1.47 bits per heavy atom. The van der Waals surface area contributed by atoms with Crippen LogP contribution in [-0.4, -0.2) is 32.9 Å². The maximum Gasteiger partial charge on any atom is 0.435 e. The fraction of sp³-hybridized carbons (Fsp3) is 0.636. The van der Waals surface area contributed by atoms with Gasteiger partial charge in [0.15, 0.2) is 5.69 Å². The lowest BCUT2D eigenvalue weighted by atomic mass is 10.0. The first-order chi connectivity index (χ1) is 8.64. The summed E-state index contributed by atoms with van der Waals surface area (Å²) in [7, 11) is 0. The summed E-state index contributed by atoms with van der Waals surface area (Å²) < 4.78 is 37.8. The molecule has 0 spiro atoms. The Morgan fingerprint density at radius 3 is 2.58 bits per heavy atom. The molecule has 0 aromatic carbocycles. The molecule has 108 valence electrons. The van der Waals surface area contributed by atoms with E-state index < -0.39 is 23.3 Å². The number of aliphatic hydroxyl groups is 1. The van der Waals surface area contributed by atoms with Gasteiger partial charge in [0.2, 0.25) is 5.91 Å². The van der Waals surface area contributed by atoms with Crippen LogP contribution in [0.2, 0.25) is 0 Å². The third-order valence-corrected chi connectivity index (χ3v) is 2.45. The summed E-state index contributed by atoms with van der Waals surface area (Å²) in [6.45, 7) is 3.04. The SMILES string of the molecule is CC(C)(CCO)NC(=O)Cn1ccc(C(F)(F)F)n1. The van der Waals surface area contributed by atoms with E-state index in [1.807, 2.05) is 0 Å². The van der Waals surface area contributed by atoms with Crippen molar-refractivity contribution in [3.63, 3.8) is 0 Å². The second-order valence-electron chi connectivity index (χ2n) is 4.80. The van der Waals surface area contributed by atoms with Crippen molar-refractivity contribution in [2.24, 2.45) is 0 Å². The summed E-state index contributed by atoms with van der Waals surface area (Å²) in [4.78, 5) is 11.6. The lowest BCUT2D eigenvalue weighted by Crippen LogP contribution is -2.45. The van der Waals surface area contributed by atoms with Gasteiger partial charge in [-0.2, -0.15) is 18.3 Å². The number of hydrogen-bond donors (Lipinski definition) is 2. The molecule has 19 heavy (non-hydrogen) atoms. The highest BCUT2D eigenvalue weighted by Gasteiger charge is 2.33. The Bertz CT molecular complexity index is 441. The number of hydrogen-bond acceptors (Lipinski definition) is 3. The first-order valence-corrected chi connectivity index (χ1v) is 5.66. The lowest BCUT2D eigenvalue weighted by Gasteiger charge is -2.25. The molecule has 0 saturated carbocycles. The van der Waals surface area contributed by atoms with Crippen molar-refractivity contribution in [1.29, 1.82) is 0 Å². The number of aliphatic hydroxyl groups excluding tert-OH is 1. The predicted octanol–water partition coefficient (Wildman–Crippen LogP) is 1.18. The van der Waals surface area contributed by atoms with Crippen molar-refractivity contribution in [3.05, 3.63) is 18.0 Å². The number of amides is 1. The van der Waals surface area contributed by atoms with Gasteiger partial charge in [-0.1, -0.05) is 0 Å². The molecule has 0 unspecified atom stereocenters. The molecule has 8 heteroatoms. The van der Waals surface area contributed by atoms with E-state index in [4.69, 9.17) is 5.11 Å². The zero-order valence-electron chi connectivity index (χ0n) is 10.7. The van der Waals surface area contributed by atoms with E-state index in [9.17, 15) is 18.0 Å². The maximum absolute atomic E-state index is 12.3. The van der Waals surface area contributed by atoms with Gasteiger partial charge in [-0.15, -0.1) is 0 Å². The molecule has 0 fully saturated rings. The van der Waals surface area contributed by atoms with E-state index in [0.717, 1.165) is 16.9 Å². The second kappa shape index (κ2) is 5.60. The molecule has 0 aliphatic carbocycles. The molecule has 0 aliphatic heterocycles. The van der Waals surface area contributed by atoms with Crippen LogP contribution in [0.5, 0.6) is 0 Å². The second-order valence-corrected chi connectivity index (χ2v) is 4.80. The minimum absolute atomic E-state index is 0.0900. The molecule has 0 radical (unpaired) electrons. The molecule has 1 heterocycles. The minimum Gasteiger partial charge on any atom is -0.396 e. The van der Waals surface area contributed by atoms with Crippen molar-refractivity contribution in [1.82, 2.24) is 15.1 Å². The molecule has 0 saturated heterocycles. The van der Waals surface area contributed by atoms with Gasteiger partial charge < -0.3 is 10.4 Å². The van der Waals surface area contributed by atoms with Crippen LogP contribution in [0, 0.1) is 0 Å². The van der Waals surface area contributed by atoms with Crippen molar-refractivity contribution in [2.45, 2.75) is 38.5 Å². The Hall–Kier alpha value is -1.57. The van der Waals surface area contributed by atoms with Gasteiger partial charge in [-0.25, -0.2) is 0 Å². The average molecular weight is 279 g/mol. The number of nitrogens with zero attached hydrogens (tertiary/aromatic N) is 2. The number of carbonyl (C=O) groups is 1. The third-order valence-electron chi connectivity index (χ3n) is 2.45. The van der Waals surface area contributed by atoms with E-state index in [0.29, 0.717) is 6.42 Å². The van der Waals surface area contributed by atoms with Gasteiger partial charge in [-0.3, -0.25) is 9.48 Å². The quantitative estimate of drug-likeness (QED) is 0.850. The lowest BCUT2D eigenvalue weighted by molar-refractivity contribution is -0.141. The first kappa shape index (κ1) is 15.5. The molecule has 0 atom stereocenters. The Morgan fingerprint density at radius 2 is 2.11 bits per heavy atom. The zero-order chi connectivity index (χ0) is 14.7. The smallest absolute Gasteiger partial charge is 0.396 e. The molecule has 1 amide bonds. The van der Waals surface area contributed by atoms with Crippen LogP contribution in [0.4, 0.5) is 13.2 Å². The number of nitrogens with one attached hydrogen (secondary N) is 1. The molecule has 0 bridgehead atoms. The molecule has 0 aliphatic rings. The summed E-state index contributed by atoms with van der Waals surface area (Å²) in [5.74, 6) is -0.463. The van der Waals surface area contributed by atoms with Crippen LogP contribution in [0.15, 0.2) is 12.3 Å². The summed E-state index contributed by atoms with van der Waals surface area (Å²) in [5.41, 5.74) is -1.65. The van der Waals surface area contributed by atoms with Gasteiger partial charge in [0, 0.05) is 18.3 Å². The van der Waals surface area contributed by atoms with Crippen LogP contribution in [0.3, 0.4) is 0 Å². The molecular weight excluding hydrogens is 263 g/mol. The molecular formula is C11H16F3N3O2. The standard InChI is InChI=1S/C11H16F3N3O2/c1-10(2,4-6-18)15-9(19)7-17-5-3-8(16-17)11(12,13)14/h3,5,18H,4,6-7H2,1-2H3,(H,15,19). The maximum atomic E-state index is 12.3. The normalized spacial score (nSPS) is 12.5. The van der Waals surface area contributed by atoms with Crippen molar-refractivity contribution >= 4 is 5.91 Å². The number of halogens is 3. The molecule has 5 nitrogen and oxygen atoms in total. The van der Waals surface area contributed by atoms with Gasteiger partial charge >= 0.3 is 6.18 Å². The number of aromatic nitrogens is 2. The average Bonchev–Trinajstić information content (AvgIpc) is 2.63. The van der Waals surface area contributed by atoms with E-state index in [-0.39, 0.29) is 13.2 Å². The highest BCUT2D eigenvalue weighted by atomic mass is 19.4. The molecule has 1 aromatic heterocycles. The van der Waals surface area contributed by atoms with Crippen molar-refractivity contribution < 1.29 is 23.1 Å². The van der Waals surface area contributed by atoms with E-state index >= 15 is 0 Å². The van der Waals surface area contributed by atoms with Crippen LogP contribution in [0.1, 0.15) is 26.0 Å². The number of rotatable bonds is 5. The molecule has 1 aromatic rings. The largest absolute Gasteiger partial charge is 0.435 e. The van der Waals surface area contributed by atoms with Gasteiger partial charge in [0.05, 0.1) is 0 Å². The van der Waals surface area contributed by atoms with Crippen LogP contribution in [-0.2, 0) is 17.5 Å². The number of carbonyl (C=O) groups excluding carboxylic acids is 1. The summed E-state index contributed by atoms with van der Waals surface area (Å²) >= 11 is 0. The fourth-order valence-electron chi connectivity index (χ4n) is 1.51.